The molecule has 0 unspecified atom stereocenters. The van der Waals surface area contributed by atoms with Gasteiger partial charge in [-0.2, -0.15) is 0 Å². The largest absolute Gasteiger partial charge is 0.377 e. The van der Waals surface area contributed by atoms with Gasteiger partial charge in [0, 0.05) is 6.61 Å². The van der Waals surface area contributed by atoms with E-state index in [2.05, 4.69) is 4.89 Å². The molecule has 1 rings (SSSR count). The molecule has 3 heteroatoms. The summed E-state index contributed by atoms with van der Waals surface area (Å²) >= 11 is 0. The molecule has 0 fully saturated rings. The maximum Gasteiger partial charge on any atom is 0.0841 e. The van der Waals surface area contributed by atoms with Gasteiger partial charge in [0.2, 0.25) is 0 Å². The molecule has 0 saturated heterocycles. The predicted molar refractivity (Wildman–Crippen MR) is 49.3 cm³/mol. The highest BCUT2D eigenvalue weighted by molar-refractivity contribution is 5.13. The van der Waals surface area contributed by atoms with E-state index in [1.807, 2.05) is 30.3 Å². The Morgan fingerprint density at radius 1 is 1.08 bits per heavy atom. The van der Waals surface area contributed by atoms with Crippen LogP contribution in [0.5, 0.6) is 0 Å². The van der Waals surface area contributed by atoms with Crippen LogP contribution in [-0.4, -0.2) is 18.5 Å². The second kappa shape index (κ2) is 6.60. The third kappa shape index (κ3) is 4.62. The SMILES string of the molecule is OOCCCOCc1ccccc1. The monoisotopic (exact) mass is 182 g/mol. The summed E-state index contributed by atoms with van der Waals surface area (Å²) in [5.74, 6) is 0. The number of hydrogen-bond donors (Lipinski definition) is 1. The van der Waals surface area contributed by atoms with E-state index in [9.17, 15) is 0 Å². The van der Waals surface area contributed by atoms with Crippen molar-refractivity contribution in [3.8, 4) is 0 Å². The van der Waals surface area contributed by atoms with E-state index in [4.69, 9.17) is 9.99 Å². The van der Waals surface area contributed by atoms with E-state index in [-0.39, 0.29) is 0 Å². The summed E-state index contributed by atoms with van der Waals surface area (Å²) in [4.78, 5) is 3.91. The van der Waals surface area contributed by atoms with Crippen molar-refractivity contribution < 1.29 is 14.9 Å². The molecular weight excluding hydrogens is 168 g/mol. The topological polar surface area (TPSA) is 38.7 Å². The van der Waals surface area contributed by atoms with Gasteiger partial charge in [-0.1, -0.05) is 30.3 Å². The Kier molecular flexibility index (Phi) is 5.17. The van der Waals surface area contributed by atoms with Crippen molar-refractivity contribution in [3.63, 3.8) is 0 Å². The molecule has 0 saturated carbocycles. The lowest BCUT2D eigenvalue weighted by Gasteiger charge is -2.02. The lowest BCUT2D eigenvalue weighted by molar-refractivity contribution is -0.244. The van der Waals surface area contributed by atoms with Crippen LogP contribution in [0.2, 0.25) is 0 Å². The van der Waals surface area contributed by atoms with Gasteiger partial charge >= 0.3 is 0 Å². The summed E-state index contributed by atoms with van der Waals surface area (Å²) in [5.41, 5.74) is 1.16. The molecular formula is C10H14O3. The first kappa shape index (κ1) is 10.2. The molecule has 3 nitrogen and oxygen atoms in total. The highest BCUT2D eigenvalue weighted by atomic mass is 17.1. The molecule has 0 atom stereocenters. The second-order valence-corrected chi connectivity index (χ2v) is 2.72. The van der Waals surface area contributed by atoms with Gasteiger partial charge in [-0.15, -0.1) is 0 Å². The Bertz CT molecular complexity index is 211. The van der Waals surface area contributed by atoms with Crippen LogP contribution in [0, 0.1) is 0 Å². The zero-order valence-corrected chi connectivity index (χ0v) is 7.48. The molecule has 0 spiro atoms. The number of rotatable bonds is 6. The van der Waals surface area contributed by atoms with Crippen molar-refractivity contribution in [2.24, 2.45) is 0 Å². The minimum Gasteiger partial charge on any atom is -0.377 e. The van der Waals surface area contributed by atoms with E-state index >= 15 is 0 Å². The van der Waals surface area contributed by atoms with Crippen LogP contribution < -0.4 is 0 Å². The Labute approximate surface area is 77.8 Å². The zero-order valence-electron chi connectivity index (χ0n) is 7.48. The molecule has 0 bridgehead atoms. The van der Waals surface area contributed by atoms with E-state index in [0.29, 0.717) is 26.2 Å². The average molecular weight is 182 g/mol. The maximum atomic E-state index is 8.03. The van der Waals surface area contributed by atoms with Crippen LogP contribution in [0.25, 0.3) is 0 Å². The first-order valence-electron chi connectivity index (χ1n) is 4.31. The van der Waals surface area contributed by atoms with Crippen molar-refractivity contribution >= 4 is 0 Å². The van der Waals surface area contributed by atoms with Crippen LogP contribution in [0.1, 0.15) is 12.0 Å². The smallest absolute Gasteiger partial charge is 0.0841 e. The highest BCUT2D eigenvalue weighted by Gasteiger charge is 1.91. The standard InChI is InChI=1S/C10H14O3/c11-13-8-4-7-12-9-10-5-2-1-3-6-10/h1-3,5-6,11H,4,7-9H2. The summed E-state index contributed by atoms with van der Waals surface area (Å²) in [5, 5.41) is 8.03. The molecule has 0 heterocycles. The lowest BCUT2D eigenvalue weighted by atomic mass is 10.2. The number of benzene rings is 1. The van der Waals surface area contributed by atoms with Crippen LogP contribution in [0.3, 0.4) is 0 Å². The average Bonchev–Trinajstić information content (AvgIpc) is 2.19. The minimum atomic E-state index is 0.328. The third-order valence-corrected chi connectivity index (χ3v) is 1.64. The van der Waals surface area contributed by atoms with Crippen molar-refractivity contribution in [3.05, 3.63) is 35.9 Å². The van der Waals surface area contributed by atoms with E-state index in [0.717, 1.165) is 5.56 Å². The van der Waals surface area contributed by atoms with E-state index < -0.39 is 0 Å². The predicted octanol–water partition coefficient (Wildman–Crippen LogP) is 2.08. The van der Waals surface area contributed by atoms with Gasteiger partial charge in [0.1, 0.15) is 0 Å². The first-order valence-corrected chi connectivity index (χ1v) is 4.31. The van der Waals surface area contributed by atoms with E-state index in [1.54, 1.807) is 0 Å². The fraction of sp³-hybridized carbons (Fsp3) is 0.400. The molecule has 1 aromatic carbocycles. The number of ether oxygens (including phenoxy) is 1. The van der Waals surface area contributed by atoms with Crippen molar-refractivity contribution in [2.75, 3.05) is 13.2 Å². The molecule has 13 heavy (non-hydrogen) atoms. The molecule has 0 amide bonds. The summed E-state index contributed by atoms with van der Waals surface area (Å²) in [6, 6.07) is 9.97. The normalized spacial score (nSPS) is 10.2. The summed E-state index contributed by atoms with van der Waals surface area (Å²) in [6.07, 6.45) is 0.712. The second-order valence-electron chi connectivity index (χ2n) is 2.72. The summed E-state index contributed by atoms with van der Waals surface area (Å²) in [6.45, 7) is 1.55. The van der Waals surface area contributed by atoms with Crippen LogP contribution in [-0.2, 0) is 16.2 Å². The van der Waals surface area contributed by atoms with Gasteiger partial charge in [0.25, 0.3) is 0 Å². The van der Waals surface area contributed by atoms with Crippen LogP contribution >= 0.6 is 0 Å². The third-order valence-electron chi connectivity index (χ3n) is 1.64. The first-order chi connectivity index (χ1) is 6.43. The highest BCUT2D eigenvalue weighted by Crippen LogP contribution is 2.00. The summed E-state index contributed by atoms with van der Waals surface area (Å²) in [7, 11) is 0. The van der Waals surface area contributed by atoms with E-state index in [1.165, 1.54) is 0 Å². The van der Waals surface area contributed by atoms with Crippen molar-refractivity contribution in [2.45, 2.75) is 13.0 Å². The molecule has 0 aliphatic rings. The van der Waals surface area contributed by atoms with Crippen LogP contribution in [0.15, 0.2) is 30.3 Å². The zero-order chi connectivity index (χ0) is 9.36. The minimum absolute atomic E-state index is 0.328. The van der Waals surface area contributed by atoms with Crippen molar-refractivity contribution in [1.82, 2.24) is 0 Å². The van der Waals surface area contributed by atoms with Gasteiger partial charge < -0.3 is 4.74 Å². The van der Waals surface area contributed by atoms with Gasteiger partial charge in [-0.25, -0.2) is 4.89 Å². The molecule has 1 N–H and O–H groups in total. The van der Waals surface area contributed by atoms with Gasteiger partial charge in [-0.05, 0) is 12.0 Å². The van der Waals surface area contributed by atoms with Gasteiger partial charge in [0.15, 0.2) is 0 Å². The van der Waals surface area contributed by atoms with Crippen LogP contribution in [0.4, 0.5) is 0 Å². The molecule has 0 aromatic heterocycles. The maximum absolute atomic E-state index is 8.03. The lowest BCUT2D eigenvalue weighted by Crippen LogP contribution is -1.99. The molecule has 0 radical (unpaired) electrons. The Morgan fingerprint density at radius 2 is 1.85 bits per heavy atom. The molecule has 1 aromatic rings. The molecule has 0 aliphatic heterocycles. The Balaban J connectivity index is 2.07. The Morgan fingerprint density at radius 3 is 2.54 bits per heavy atom. The fourth-order valence-electron chi connectivity index (χ4n) is 0.990. The van der Waals surface area contributed by atoms with Gasteiger partial charge in [0.05, 0.1) is 13.2 Å². The fourth-order valence-corrected chi connectivity index (χ4v) is 0.990. The molecule has 72 valence electrons. The van der Waals surface area contributed by atoms with Gasteiger partial charge in [-0.3, -0.25) is 5.26 Å². The summed E-state index contributed by atoms with van der Waals surface area (Å²) < 4.78 is 5.33. The Hall–Kier alpha value is -0.900. The quantitative estimate of drug-likeness (QED) is 0.416. The number of hydrogen-bond acceptors (Lipinski definition) is 3. The van der Waals surface area contributed by atoms with Crippen molar-refractivity contribution in [1.29, 1.82) is 0 Å². The molecule has 0 aliphatic carbocycles.